The van der Waals surface area contributed by atoms with Gasteiger partial charge in [-0.05, 0) is 13.3 Å². The van der Waals surface area contributed by atoms with Gasteiger partial charge in [0, 0.05) is 19.7 Å². The molecule has 0 saturated carbocycles. The highest BCUT2D eigenvalue weighted by atomic mass is 19.1. The Morgan fingerprint density at radius 3 is 2.89 bits per heavy atom. The summed E-state index contributed by atoms with van der Waals surface area (Å²) < 4.78 is 18.8. The van der Waals surface area contributed by atoms with Gasteiger partial charge in [0.2, 0.25) is 5.95 Å². The zero-order valence-electron chi connectivity index (χ0n) is 11.0. The number of methoxy groups -OCH3 is 1. The molecule has 0 aliphatic carbocycles. The molecule has 0 bridgehead atoms. The molecule has 1 aromatic heterocycles. The third-order valence-corrected chi connectivity index (χ3v) is 2.79. The maximum absolute atomic E-state index is 13.8. The number of hydrogen-bond donors (Lipinski definition) is 2. The van der Waals surface area contributed by atoms with Crippen LogP contribution in [0.4, 0.5) is 16.2 Å². The maximum Gasteiger partial charge on any atom is 0.239 e. The Labute approximate surface area is 106 Å². The number of ether oxygens (including phenoxy) is 1. The second-order valence-electron chi connectivity index (χ2n) is 3.95. The fourth-order valence-electron chi connectivity index (χ4n) is 1.57. The van der Waals surface area contributed by atoms with Gasteiger partial charge in [0.1, 0.15) is 0 Å². The van der Waals surface area contributed by atoms with Gasteiger partial charge in [-0.1, -0.05) is 6.92 Å². The summed E-state index contributed by atoms with van der Waals surface area (Å²) in [5.41, 5.74) is 2.32. The van der Waals surface area contributed by atoms with Gasteiger partial charge in [-0.15, -0.1) is 0 Å². The van der Waals surface area contributed by atoms with E-state index in [0.717, 1.165) is 12.6 Å². The predicted molar refractivity (Wildman–Crippen MR) is 68.8 cm³/mol. The molecule has 1 unspecified atom stereocenters. The van der Waals surface area contributed by atoms with E-state index in [2.05, 4.69) is 15.4 Å². The van der Waals surface area contributed by atoms with Gasteiger partial charge in [-0.3, -0.25) is 5.43 Å². The van der Waals surface area contributed by atoms with Crippen molar-refractivity contribution in [3.63, 3.8) is 0 Å². The number of nitrogens with two attached hydrogens (primary N) is 1. The summed E-state index contributed by atoms with van der Waals surface area (Å²) in [7, 11) is 1.61. The molecule has 0 amide bonds. The van der Waals surface area contributed by atoms with E-state index in [0.29, 0.717) is 13.2 Å². The summed E-state index contributed by atoms with van der Waals surface area (Å²) in [6.07, 6.45) is 1.98. The molecular formula is C11H20FN5O. The van der Waals surface area contributed by atoms with Crippen molar-refractivity contribution in [2.45, 2.75) is 26.3 Å². The first-order chi connectivity index (χ1) is 8.63. The Balaban J connectivity index is 3.02. The number of anilines is 2. The highest BCUT2D eigenvalue weighted by Gasteiger charge is 2.19. The average Bonchev–Trinajstić information content (AvgIpc) is 2.40. The van der Waals surface area contributed by atoms with Crippen LogP contribution in [0.2, 0.25) is 0 Å². The smallest absolute Gasteiger partial charge is 0.239 e. The van der Waals surface area contributed by atoms with Crippen LogP contribution in [-0.2, 0) is 4.74 Å². The highest BCUT2D eigenvalue weighted by Crippen LogP contribution is 2.20. The summed E-state index contributed by atoms with van der Waals surface area (Å²) in [6, 6.07) is 0.148. The van der Waals surface area contributed by atoms with E-state index < -0.39 is 5.82 Å². The number of nitrogens with one attached hydrogen (secondary N) is 1. The minimum absolute atomic E-state index is 0.148. The second-order valence-corrected chi connectivity index (χ2v) is 3.95. The lowest BCUT2D eigenvalue weighted by atomic mass is 10.2. The summed E-state index contributed by atoms with van der Waals surface area (Å²) in [5, 5.41) is 0. The van der Waals surface area contributed by atoms with E-state index in [-0.39, 0.29) is 17.8 Å². The molecule has 102 valence electrons. The Kier molecular flexibility index (Phi) is 5.73. The number of nitrogen functional groups attached to an aromatic ring is 1. The molecule has 6 nitrogen and oxygen atoms in total. The van der Waals surface area contributed by atoms with Crippen molar-refractivity contribution in [3.8, 4) is 0 Å². The van der Waals surface area contributed by atoms with Crippen LogP contribution >= 0.6 is 0 Å². The molecule has 0 fully saturated rings. The third-order valence-electron chi connectivity index (χ3n) is 2.79. The van der Waals surface area contributed by atoms with Crippen LogP contribution in [0.15, 0.2) is 6.20 Å². The summed E-state index contributed by atoms with van der Waals surface area (Å²) in [6.45, 7) is 5.10. The van der Waals surface area contributed by atoms with Crippen LogP contribution in [0.25, 0.3) is 0 Å². The number of hydrogen-bond acceptors (Lipinski definition) is 6. The molecule has 0 radical (unpaired) electrons. The zero-order chi connectivity index (χ0) is 13.5. The molecule has 3 N–H and O–H groups in total. The molecule has 0 aliphatic heterocycles. The van der Waals surface area contributed by atoms with Crippen LogP contribution in [0.1, 0.15) is 20.3 Å². The number of aromatic nitrogens is 2. The van der Waals surface area contributed by atoms with E-state index in [1.807, 2.05) is 18.7 Å². The van der Waals surface area contributed by atoms with Gasteiger partial charge < -0.3 is 9.64 Å². The summed E-state index contributed by atoms with van der Waals surface area (Å²) in [4.78, 5) is 9.63. The third kappa shape index (κ3) is 3.51. The number of rotatable bonds is 7. The molecule has 1 heterocycles. The van der Waals surface area contributed by atoms with E-state index in [1.54, 1.807) is 7.11 Å². The molecule has 1 atom stereocenters. The topological polar surface area (TPSA) is 76.3 Å². The molecule has 0 spiro atoms. The Bertz CT molecular complexity index is 376. The highest BCUT2D eigenvalue weighted by molar-refractivity contribution is 5.44. The normalized spacial score (nSPS) is 12.3. The van der Waals surface area contributed by atoms with Crippen LogP contribution in [0, 0.1) is 5.82 Å². The summed E-state index contributed by atoms with van der Waals surface area (Å²) >= 11 is 0. The van der Waals surface area contributed by atoms with Crippen LogP contribution in [-0.4, -0.2) is 36.3 Å². The molecule has 18 heavy (non-hydrogen) atoms. The fourth-order valence-corrected chi connectivity index (χ4v) is 1.57. The van der Waals surface area contributed by atoms with Crippen molar-refractivity contribution in [1.29, 1.82) is 0 Å². The van der Waals surface area contributed by atoms with Crippen molar-refractivity contribution in [1.82, 2.24) is 9.97 Å². The first kappa shape index (κ1) is 14.6. The minimum atomic E-state index is -0.467. The van der Waals surface area contributed by atoms with Crippen molar-refractivity contribution >= 4 is 11.8 Å². The first-order valence-corrected chi connectivity index (χ1v) is 5.88. The molecule has 0 aliphatic rings. The Morgan fingerprint density at radius 1 is 1.61 bits per heavy atom. The van der Waals surface area contributed by atoms with Gasteiger partial charge in [-0.25, -0.2) is 15.2 Å². The van der Waals surface area contributed by atoms with Crippen LogP contribution < -0.4 is 16.2 Å². The lowest BCUT2D eigenvalue weighted by Gasteiger charge is -2.29. The average molecular weight is 257 g/mol. The Morgan fingerprint density at radius 2 is 2.33 bits per heavy atom. The first-order valence-electron chi connectivity index (χ1n) is 5.88. The van der Waals surface area contributed by atoms with Gasteiger partial charge in [-0.2, -0.15) is 4.98 Å². The molecule has 7 heteroatoms. The molecule has 0 aromatic carbocycles. The summed E-state index contributed by atoms with van der Waals surface area (Å²) in [5.74, 6) is 5.20. The van der Waals surface area contributed by atoms with Crippen molar-refractivity contribution < 1.29 is 9.13 Å². The van der Waals surface area contributed by atoms with Gasteiger partial charge in [0.15, 0.2) is 11.6 Å². The molecule has 1 aromatic rings. The Hall–Kier alpha value is -1.47. The number of hydrazine groups is 1. The quantitative estimate of drug-likeness (QED) is 0.564. The number of halogens is 1. The van der Waals surface area contributed by atoms with E-state index in [9.17, 15) is 4.39 Å². The second kappa shape index (κ2) is 7.07. The monoisotopic (exact) mass is 257 g/mol. The molecule has 1 rings (SSSR count). The minimum Gasteiger partial charge on any atom is -0.383 e. The van der Waals surface area contributed by atoms with Crippen LogP contribution in [0.3, 0.4) is 0 Å². The van der Waals surface area contributed by atoms with Gasteiger partial charge in [0.05, 0.1) is 12.8 Å². The predicted octanol–water partition coefficient (Wildman–Crippen LogP) is 1.15. The largest absolute Gasteiger partial charge is 0.383 e. The van der Waals surface area contributed by atoms with Crippen LogP contribution in [0.5, 0.6) is 0 Å². The van der Waals surface area contributed by atoms with Crippen molar-refractivity contribution in [2.24, 2.45) is 5.84 Å². The molecule has 0 saturated heterocycles. The van der Waals surface area contributed by atoms with Gasteiger partial charge in [0.25, 0.3) is 0 Å². The SMILES string of the molecule is CCC(C)N(CCOC)c1nc(NN)ncc1F. The standard InChI is InChI=1S/C11H20FN5O/c1-4-8(2)17(5-6-18-3)10-9(12)7-14-11(15-10)16-13/h7-8H,4-6,13H2,1-3H3,(H,14,15,16). The number of nitrogens with zero attached hydrogens (tertiary/aromatic N) is 3. The van der Waals surface area contributed by atoms with Gasteiger partial charge >= 0.3 is 0 Å². The van der Waals surface area contributed by atoms with Crippen molar-refractivity contribution in [3.05, 3.63) is 12.0 Å². The maximum atomic E-state index is 13.8. The lowest BCUT2D eigenvalue weighted by Crippen LogP contribution is -2.37. The fraction of sp³-hybridized carbons (Fsp3) is 0.636. The molecular weight excluding hydrogens is 237 g/mol. The zero-order valence-corrected chi connectivity index (χ0v) is 11.0. The van der Waals surface area contributed by atoms with E-state index >= 15 is 0 Å². The lowest BCUT2D eigenvalue weighted by molar-refractivity contribution is 0.203. The van der Waals surface area contributed by atoms with Crippen molar-refractivity contribution in [2.75, 3.05) is 30.6 Å². The van der Waals surface area contributed by atoms with E-state index in [4.69, 9.17) is 10.6 Å². The van der Waals surface area contributed by atoms with E-state index in [1.165, 1.54) is 0 Å².